The largest absolute Gasteiger partial charge is 0.497 e. The lowest BCUT2D eigenvalue weighted by Gasteiger charge is -2.29. The van der Waals surface area contributed by atoms with Crippen LogP contribution in [0.25, 0.3) is 0 Å². The highest BCUT2D eigenvalue weighted by atomic mass is 16.5. The van der Waals surface area contributed by atoms with Crippen molar-refractivity contribution >= 4 is 11.8 Å². The number of rotatable bonds is 11. The summed E-state index contributed by atoms with van der Waals surface area (Å²) in [5.41, 5.74) is 2.98. The minimum Gasteiger partial charge on any atom is -0.497 e. The Kier molecular flexibility index (Phi) is 9.38. The summed E-state index contributed by atoms with van der Waals surface area (Å²) in [7, 11) is 1.60. The zero-order chi connectivity index (χ0) is 22.8. The molecular formula is C25H34N2O4. The van der Waals surface area contributed by atoms with Gasteiger partial charge in [-0.25, -0.2) is 0 Å². The van der Waals surface area contributed by atoms with E-state index in [9.17, 15) is 9.59 Å². The number of hydrogen-bond donors (Lipinski definition) is 1. The SMILES string of the molecule is CCCCNC(=O)[C@H](C)N(Cc1cccc(OC)c1)C(=O)COc1ccc(C)cc1C. The van der Waals surface area contributed by atoms with Crippen LogP contribution in [0.2, 0.25) is 0 Å². The highest BCUT2D eigenvalue weighted by Crippen LogP contribution is 2.20. The lowest BCUT2D eigenvalue weighted by Crippen LogP contribution is -2.49. The average Bonchev–Trinajstić information content (AvgIpc) is 2.76. The molecule has 0 heterocycles. The van der Waals surface area contributed by atoms with E-state index in [2.05, 4.69) is 12.2 Å². The zero-order valence-electron chi connectivity index (χ0n) is 19.2. The van der Waals surface area contributed by atoms with Crippen LogP contribution in [-0.4, -0.2) is 43.0 Å². The maximum Gasteiger partial charge on any atom is 0.261 e. The van der Waals surface area contributed by atoms with Crippen LogP contribution in [0.5, 0.6) is 11.5 Å². The molecule has 0 radical (unpaired) electrons. The van der Waals surface area contributed by atoms with Crippen LogP contribution < -0.4 is 14.8 Å². The van der Waals surface area contributed by atoms with Crippen molar-refractivity contribution in [3.8, 4) is 11.5 Å². The topological polar surface area (TPSA) is 67.9 Å². The average molecular weight is 427 g/mol. The van der Waals surface area contributed by atoms with Gasteiger partial charge in [0.2, 0.25) is 5.91 Å². The fourth-order valence-corrected chi connectivity index (χ4v) is 3.27. The predicted molar refractivity (Wildman–Crippen MR) is 122 cm³/mol. The first-order valence-corrected chi connectivity index (χ1v) is 10.8. The van der Waals surface area contributed by atoms with Crippen molar-refractivity contribution in [2.24, 2.45) is 0 Å². The Labute approximate surface area is 185 Å². The van der Waals surface area contributed by atoms with Gasteiger partial charge in [0, 0.05) is 13.1 Å². The van der Waals surface area contributed by atoms with E-state index in [0.29, 0.717) is 18.0 Å². The van der Waals surface area contributed by atoms with Crippen LogP contribution in [0, 0.1) is 13.8 Å². The molecule has 0 spiro atoms. The lowest BCUT2D eigenvalue weighted by molar-refractivity contribution is -0.142. The Morgan fingerprint density at radius 3 is 2.58 bits per heavy atom. The minimum atomic E-state index is -0.627. The van der Waals surface area contributed by atoms with Crippen LogP contribution in [0.1, 0.15) is 43.4 Å². The highest BCUT2D eigenvalue weighted by molar-refractivity contribution is 5.88. The van der Waals surface area contributed by atoms with Gasteiger partial charge < -0.3 is 19.7 Å². The van der Waals surface area contributed by atoms with Crippen molar-refractivity contribution in [1.82, 2.24) is 10.2 Å². The van der Waals surface area contributed by atoms with Crippen molar-refractivity contribution in [2.45, 2.75) is 53.1 Å². The molecule has 0 aliphatic heterocycles. The Morgan fingerprint density at radius 1 is 1.13 bits per heavy atom. The highest BCUT2D eigenvalue weighted by Gasteiger charge is 2.26. The van der Waals surface area contributed by atoms with E-state index in [1.807, 2.05) is 56.3 Å². The second-order valence-electron chi connectivity index (χ2n) is 7.75. The fraction of sp³-hybridized carbons (Fsp3) is 0.440. The van der Waals surface area contributed by atoms with Gasteiger partial charge in [-0.1, -0.05) is 43.2 Å². The third-order valence-electron chi connectivity index (χ3n) is 5.17. The molecule has 0 saturated carbocycles. The fourth-order valence-electron chi connectivity index (χ4n) is 3.27. The standard InChI is InChI=1S/C25H34N2O4/c1-6-7-13-26-25(29)20(4)27(16-21-9-8-10-22(15-21)30-5)24(28)17-31-23-12-11-18(2)14-19(23)3/h8-12,14-15,20H,6-7,13,16-17H2,1-5H3,(H,26,29)/t20-/m0/s1. The summed E-state index contributed by atoms with van der Waals surface area (Å²) in [5, 5.41) is 2.92. The summed E-state index contributed by atoms with van der Waals surface area (Å²) in [6.07, 6.45) is 1.89. The van der Waals surface area contributed by atoms with Crippen LogP contribution in [0.4, 0.5) is 0 Å². The summed E-state index contributed by atoms with van der Waals surface area (Å²) in [5.74, 6) is 0.953. The molecule has 0 aromatic heterocycles. The number of amides is 2. The third-order valence-corrected chi connectivity index (χ3v) is 5.17. The van der Waals surface area contributed by atoms with Gasteiger partial charge in [-0.05, 0) is 56.5 Å². The molecule has 0 aliphatic rings. The second kappa shape index (κ2) is 12.0. The Balaban J connectivity index is 2.16. The van der Waals surface area contributed by atoms with Gasteiger partial charge in [0.25, 0.3) is 5.91 Å². The summed E-state index contributed by atoms with van der Waals surface area (Å²) in [6, 6.07) is 12.7. The van der Waals surface area contributed by atoms with E-state index >= 15 is 0 Å². The molecular weight excluding hydrogens is 392 g/mol. The summed E-state index contributed by atoms with van der Waals surface area (Å²) in [6.45, 7) is 8.52. The van der Waals surface area contributed by atoms with Crippen LogP contribution >= 0.6 is 0 Å². The number of aryl methyl sites for hydroxylation is 2. The lowest BCUT2D eigenvalue weighted by atomic mass is 10.1. The van der Waals surface area contributed by atoms with E-state index in [4.69, 9.17) is 9.47 Å². The van der Waals surface area contributed by atoms with E-state index in [1.165, 1.54) is 0 Å². The van der Waals surface area contributed by atoms with Crippen LogP contribution in [0.3, 0.4) is 0 Å². The van der Waals surface area contributed by atoms with Crippen molar-refractivity contribution < 1.29 is 19.1 Å². The number of ether oxygens (including phenoxy) is 2. The first-order valence-electron chi connectivity index (χ1n) is 10.8. The zero-order valence-corrected chi connectivity index (χ0v) is 19.2. The van der Waals surface area contributed by atoms with Gasteiger partial charge >= 0.3 is 0 Å². The molecule has 6 nitrogen and oxygen atoms in total. The molecule has 31 heavy (non-hydrogen) atoms. The van der Waals surface area contributed by atoms with E-state index in [1.54, 1.807) is 18.9 Å². The number of nitrogens with zero attached hydrogens (tertiary/aromatic N) is 1. The van der Waals surface area contributed by atoms with E-state index in [-0.39, 0.29) is 25.0 Å². The second-order valence-corrected chi connectivity index (χ2v) is 7.75. The van der Waals surface area contributed by atoms with Gasteiger partial charge in [0.1, 0.15) is 17.5 Å². The molecule has 2 aromatic carbocycles. The first-order chi connectivity index (χ1) is 14.8. The number of unbranched alkanes of at least 4 members (excludes halogenated alkanes) is 1. The van der Waals surface area contributed by atoms with E-state index < -0.39 is 6.04 Å². The molecule has 0 saturated heterocycles. The van der Waals surface area contributed by atoms with Crippen molar-refractivity contribution in [2.75, 3.05) is 20.3 Å². The molecule has 0 unspecified atom stereocenters. The third kappa shape index (κ3) is 7.31. The van der Waals surface area contributed by atoms with Crippen LogP contribution in [0.15, 0.2) is 42.5 Å². The molecule has 1 atom stereocenters. The van der Waals surface area contributed by atoms with Gasteiger partial charge in [0.15, 0.2) is 6.61 Å². The predicted octanol–water partition coefficient (Wildman–Crippen LogP) is 4.02. The van der Waals surface area contributed by atoms with Crippen molar-refractivity contribution in [3.63, 3.8) is 0 Å². The molecule has 0 bridgehead atoms. The Bertz CT molecular complexity index is 882. The van der Waals surface area contributed by atoms with Gasteiger partial charge in [-0.2, -0.15) is 0 Å². The molecule has 168 valence electrons. The maximum atomic E-state index is 13.1. The first kappa shape index (κ1) is 24.3. The number of carbonyl (C=O) groups is 2. The number of nitrogens with one attached hydrogen (secondary N) is 1. The number of benzene rings is 2. The molecule has 6 heteroatoms. The smallest absolute Gasteiger partial charge is 0.261 e. The molecule has 2 rings (SSSR count). The molecule has 0 fully saturated rings. The Hall–Kier alpha value is -3.02. The summed E-state index contributed by atoms with van der Waals surface area (Å²) >= 11 is 0. The number of hydrogen-bond acceptors (Lipinski definition) is 4. The van der Waals surface area contributed by atoms with E-state index in [0.717, 1.165) is 29.5 Å². The van der Waals surface area contributed by atoms with Crippen molar-refractivity contribution in [3.05, 3.63) is 59.2 Å². The molecule has 2 aromatic rings. The summed E-state index contributed by atoms with van der Waals surface area (Å²) < 4.78 is 11.1. The monoisotopic (exact) mass is 426 g/mol. The quantitative estimate of drug-likeness (QED) is 0.551. The number of carbonyl (C=O) groups excluding carboxylic acids is 2. The van der Waals surface area contributed by atoms with Crippen LogP contribution in [-0.2, 0) is 16.1 Å². The summed E-state index contributed by atoms with van der Waals surface area (Å²) in [4.78, 5) is 27.3. The van der Waals surface area contributed by atoms with Crippen molar-refractivity contribution in [1.29, 1.82) is 0 Å². The molecule has 2 amide bonds. The minimum absolute atomic E-state index is 0.138. The maximum absolute atomic E-state index is 13.1. The van der Waals surface area contributed by atoms with Gasteiger partial charge in [-0.15, -0.1) is 0 Å². The van der Waals surface area contributed by atoms with Gasteiger partial charge in [-0.3, -0.25) is 9.59 Å². The normalized spacial score (nSPS) is 11.5. The Morgan fingerprint density at radius 2 is 1.90 bits per heavy atom. The number of methoxy groups -OCH3 is 1. The molecule has 1 N–H and O–H groups in total. The van der Waals surface area contributed by atoms with Gasteiger partial charge in [0.05, 0.1) is 7.11 Å². The molecule has 0 aliphatic carbocycles.